The van der Waals surface area contributed by atoms with Crippen LogP contribution in [0.2, 0.25) is 0 Å². The van der Waals surface area contributed by atoms with Crippen LogP contribution in [0.4, 0.5) is 0 Å². The number of Topliss-reactive ketones (excluding diaryl/α,β-unsaturated/α-hetero) is 1. The molecule has 0 radical (unpaired) electrons. The fourth-order valence-corrected chi connectivity index (χ4v) is 3.81. The Bertz CT molecular complexity index is 388. The van der Waals surface area contributed by atoms with E-state index in [0.717, 1.165) is 0 Å². The van der Waals surface area contributed by atoms with Gasteiger partial charge in [0.25, 0.3) is 0 Å². The highest BCUT2D eigenvalue weighted by molar-refractivity contribution is 9.25. The number of carbonyl (C=O) groups excluding carboxylic acids is 2. The minimum Gasteiger partial charge on any atom is -0.423 e. The van der Waals surface area contributed by atoms with Crippen molar-refractivity contribution in [1.82, 2.24) is 0 Å². The van der Waals surface area contributed by atoms with Crippen LogP contribution in [0.3, 0.4) is 0 Å². The highest BCUT2D eigenvalue weighted by Gasteiger charge is 2.70. The lowest BCUT2D eigenvalue weighted by molar-refractivity contribution is -0.141. The number of ether oxygens (including phenoxy) is 2. The lowest BCUT2D eigenvalue weighted by atomic mass is 10.0. The van der Waals surface area contributed by atoms with Crippen LogP contribution >= 0.6 is 31.9 Å². The Morgan fingerprint density at radius 1 is 1.50 bits per heavy atom. The van der Waals surface area contributed by atoms with Gasteiger partial charge in [0.2, 0.25) is 5.78 Å². The van der Waals surface area contributed by atoms with Crippen molar-refractivity contribution in [3.05, 3.63) is 11.8 Å². The van der Waals surface area contributed by atoms with Crippen LogP contribution in [0, 0.1) is 11.8 Å². The van der Waals surface area contributed by atoms with Crippen molar-refractivity contribution < 1.29 is 19.1 Å². The average Bonchev–Trinajstić information content (AvgIpc) is 2.74. The minimum atomic E-state index is -0.497. The fraction of sp³-hybridized carbons (Fsp3) is 0.600. The number of rotatable bonds is 2. The van der Waals surface area contributed by atoms with Crippen LogP contribution in [0.1, 0.15) is 6.92 Å². The maximum atomic E-state index is 11.9. The molecule has 0 amide bonds. The van der Waals surface area contributed by atoms with Gasteiger partial charge in [-0.25, -0.2) is 0 Å². The van der Waals surface area contributed by atoms with E-state index in [1.165, 1.54) is 6.92 Å². The van der Waals surface area contributed by atoms with Gasteiger partial charge in [0.05, 0.1) is 15.3 Å². The molecule has 0 unspecified atom stereocenters. The van der Waals surface area contributed by atoms with Crippen LogP contribution < -0.4 is 0 Å². The number of ketones is 1. The summed E-state index contributed by atoms with van der Waals surface area (Å²) in [6.07, 6.45) is 1.34. The largest absolute Gasteiger partial charge is 0.423 e. The number of allylic oxidation sites excluding steroid dienone is 1. The molecule has 0 aromatic carbocycles. The van der Waals surface area contributed by atoms with Gasteiger partial charge < -0.3 is 9.47 Å². The van der Waals surface area contributed by atoms with Gasteiger partial charge in [0.1, 0.15) is 0 Å². The van der Waals surface area contributed by atoms with Gasteiger partial charge in [-0.15, -0.1) is 0 Å². The van der Waals surface area contributed by atoms with E-state index in [-0.39, 0.29) is 29.5 Å². The van der Waals surface area contributed by atoms with E-state index in [4.69, 9.17) is 9.47 Å². The first-order valence-corrected chi connectivity index (χ1v) is 6.33. The fourth-order valence-electron chi connectivity index (χ4n) is 2.04. The van der Waals surface area contributed by atoms with E-state index < -0.39 is 9.20 Å². The summed E-state index contributed by atoms with van der Waals surface area (Å²) in [5.41, 5.74) is 0. The molecule has 3 atom stereocenters. The molecule has 2 rings (SSSR count). The predicted octanol–water partition coefficient (Wildman–Crippen LogP) is 1.76. The van der Waals surface area contributed by atoms with Crippen LogP contribution in [0.5, 0.6) is 0 Å². The molecule has 2 aliphatic rings. The number of carbonyl (C=O) groups is 2. The summed E-state index contributed by atoms with van der Waals surface area (Å²) in [5.74, 6) is -0.770. The molecule has 0 heterocycles. The van der Waals surface area contributed by atoms with E-state index in [2.05, 4.69) is 31.9 Å². The Labute approximate surface area is 110 Å². The normalized spacial score (nSPS) is 35.1. The Morgan fingerprint density at radius 2 is 2.12 bits per heavy atom. The van der Waals surface area contributed by atoms with E-state index in [1.807, 2.05) is 0 Å². The molecule has 0 N–H and O–H groups in total. The van der Waals surface area contributed by atoms with Gasteiger partial charge in [-0.05, 0) is 6.08 Å². The second-order valence-electron chi connectivity index (χ2n) is 3.87. The maximum Gasteiger partial charge on any atom is 0.308 e. The monoisotopic (exact) mass is 352 g/mol. The maximum absolute atomic E-state index is 11.9. The first kappa shape index (κ1) is 12.3. The number of fused-ring (bicyclic) bond motifs is 1. The van der Waals surface area contributed by atoms with Gasteiger partial charge >= 0.3 is 5.97 Å². The molecule has 1 fully saturated rings. The molecule has 88 valence electrons. The van der Waals surface area contributed by atoms with Crippen molar-refractivity contribution in [3.63, 3.8) is 0 Å². The standard InChI is InChI=1S/C10H10Br2O4/c1-4(13)16-6-3-5(15-2)7-8(9(6)14)10(7,11)12/h3,5,7-8H,1-2H3/t5-,7+,8+/m1/s1. The molecule has 0 saturated heterocycles. The zero-order valence-electron chi connectivity index (χ0n) is 8.70. The lowest BCUT2D eigenvalue weighted by Crippen LogP contribution is -2.24. The highest BCUT2D eigenvalue weighted by Crippen LogP contribution is 2.66. The van der Waals surface area contributed by atoms with Gasteiger partial charge in [-0.3, -0.25) is 9.59 Å². The van der Waals surface area contributed by atoms with Crippen molar-refractivity contribution in [2.24, 2.45) is 11.8 Å². The Balaban J connectivity index is 2.26. The lowest BCUT2D eigenvalue weighted by Gasteiger charge is -2.17. The molecular formula is C10H10Br2O4. The summed E-state index contributed by atoms with van der Waals surface area (Å²) in [5, 5.41) is 0. The van der Waals surface area contributed by atoms with Crippen molar-refractivity contribution in [1.29, 1.82) is 0 Å². The van der Waals surface area contributed by atoms with Crippen molar-refractivity contribution in [3.8, 4) is 0 Å². The third kappa shape index (κ3) is 1.76. The second-order valence-corrected chi connectivity index (χ2v) is 7.56. The smallest absolute Gasteiger partial charge is 0.308 e. The van der Waals surface area contributed by atoms with Gasteiger partial charge in [0, 0.05) is 20.0 Å². The molecule has 0 aliphatic heterocycles. The van der Waals surface area contributed by atoms with E-state index in [0.29, 0.717) is 0 Å². The Kier molecular flexibility index (Phi) is 3.01. The molecular weight excluding hydrogens is 344 g/mol. The van der Waals surface area contributed by atoms with Crippen molar-refractivity contribution >= 4 is 43.6 Å². The van der Waals surface area contributed by atoms with Gasteiger partial charge in [-0.2, -0.15) is 0 Å². The van der Waals surface area contributed by atoms with E-state index in [1.54, 1.807) is 13.2 Å². The summed E-state index contributed by atoms with van der Waals surface area (Å²) in [6, 6.07) is 0. The number of hydrogen-bond acceptors (Lipinski definition) is 4. The number of halogens is 2. The van der Waals surface area contributed by atoms with Crippen LogP contribution in [-0.2, 0) is 19.1 Å². The average molecular weight is 354 g/mol. The summed E-state index contributed by atoms with van der Waals surface area (Å²) >= 11 is 6.87. The summed E-state index contributed by atoms with van der Waals surface area (Å²) in [7, 11) is 1.56. The predicted molar refractivity (Wildman–Crippen MR) is 63.2 cm³/mol. The minimum absolute atomic E-state index is 0.0457. The zero-order chi connectivity index (χ0) is 12.1. The molecule has 0 aromatic rings. The number of methoxy groups -OCH3 is 1. The topological polar surface area (TPSA) is 52.6 Å². The van der Waals surface area contributed by atoms with E-state index in [9.17, 15) is 9.59 Å². The first-order valence-electron chi connectivity index (χ1n) is 4.74. The third-order valence-electron chi connectivity index (χ3n) is 2.83. The van der Waals surface area contributed by atoms with Crippen molar-refractivity contribution in [2.75, 3.05) is 7.11 Å². The molecule has 16 heavy (non-hydrogen) atoms. The number of esters is 1. The van der Waals surface area contributed by atoms with Gasteiger partial charge in [-0.1, -0.05) is 31.9 Å². The summed E-state index contributed by atoms with van der Waals surface area (Å²) in [4.78, 5) is 22.8. The molecule has 0 spiro atoms. The highest BCUT2D eigenvalue weighted by atomic mass is 79.9. The molecule has 6 heteroatoms. The number of alkyl halides is 2. The van der Waals surface area contributed by atoms with Crippen LogP contribution in [0.25, 0.3) is 0 Å². The molecule has 4 nitrogen and oxygen atoms in total. The molecule has 0 bridgehead atoms. The molecule has 0 aromatic heterocycles. The van der Waals surface area contributed by atoms with Crippen LogP contribution in [0.15, 0.2) is 11.8 Å². The molecule has 1 saturated carbocycles. The number of hydrogen-bond donors (Lipinski definition) is 0. The van der Waals surface area contributed by atoms with Crippen LogP contribution in [-0.4, -0.2) is 28.2 Å². The van der Waals surface area contributed by atoms with Gasteiger partial charge in [0.15, 0.2) is 5.76 Å². The quantitative estimate of drug-likeness (QED) is 0.560. The SMILES string of the molecule is CO[C@@H]1C=C(OC(C)=O)C(=O)[C@@H]2[C@H]1C2(Br)Br. The second kappa shape index (κ2) is 3.92. The van der Waals surface area contributed by atoms with Crippen molar-refractivity contribution in [2.45, 2.75) is 16.3 Å². The van der Waals surface area contributed by atoms with E-state index >= 15 is 0 Å². The Morgan fingerprint density at radius 3 is 2.62 bits per heavy atom. The first-order chi connectivity index (χ1) is 7.39. The zero-order valence-corrected chi connectivity index (χ0v) is 11.9. The third-order valence-corrected chi connectivity index (χ3v) is 4.87. The Hall–Kier alpha value is -0.200. The summed E-state index contributed by atoms with van der Waals surface area (Å²) < 4.78 is 9.70. The molecule has 2 aliphatic carbocycles. The summed E-state index contributed by atoms with van der Waals surface area (Å²) in [6.45, 7) is 1.27.